The predicted octanol–water partition coefficient (Wildman–Crippen LogP) is 5.08. The van der Waals surface area contributed by atoms with E-state index in [0.29, 0.717) is 12.4 Å². The maximum atomic E-state index is 15.4. The van der Waals surface area contributed by atoms with Gasteiger partial charge < -0.3 is 0 Å². The van der Waals surface area contributed by atoms with Gasteiger partial charge in [-0.25, -0.2) is 31.6 Å². The molecule has 8 nitrogen and oxygen atoms in total. The molecule has 1 aliphatic carbocycles. The van der Waals surface area contributed by atoms with Crippen molar-refractivity contribution >= 4 is 20.9 Å². The van der Waals surface area contributed by atoms with Gasteiger partial charge >= 0.3 is 0 Å². The minimum Gasteiger partial charge on any atom is -0.275 e. The Labute approximate surface area is 217 Å². The zero-order valence-corrected chi connectivity index (χ0v) is 21.5. The number of halogens is 3. The fraction of sp³-hybridized carbons (Fsp3) is 0.308. The third kappa shape index (κ3) is 4.41. The Hall–Kier alpha value is -3.82. The Kier molecular flexibility index (Phi) is 6.04. The second kappa shape index (κ2) is 8.89. The molecule has 0 saturated heterocycles. The smallest absolute Gasteiger partial charge is 0.263 e. The van der Waals surface area contributed by atoms with E-state index in [1.807, 2.05) is 10.8 Å². The lowest BCUT2D eigenvalue weighted by molar-refractivity contribution is -0.0488. The third-order valence-corrected chi connectivity index (χ3v) is 8.37. The lowest BCUT2D eigenvalue weighted by Crippen LogP contribution is -2.54. The summed E-state index contributed by atoms with van der Waals surface area (Å²) in [4.78, 5) is 12.5. The molecule has 3 heterocycles. The fourth-order valence-corrected chi connectivity index (χ4v) is 5.58. The minimum absolute atomic E-state index is 0.0136. The summed E-state index contributed by atoms with van der Waals surface area (Å²) in [5.74, 6) is -3.50. The van der Waals surface area contributed by atoms with Gasteiger partial charge in [-0.1, -0.05) is 0 Å². The Balaban J connectivity index is 1.68. The van der Waals surface area contributed by atoms with E-state index in [2.05, 4.69) is 21.0 Å². The van der Waals surface area contributed by atoms with Crippen molar-refractivity contribution in [1.29, 1.82) is 5.26 Å². The van der Waals surface area contributed by atoms with Gasteiger partial charge in [-0.3, -0.25) is 9.55 Å². The molecule has 1 fully saturated rings. The van der Waals surface area contributed by atoms with Crippen molar-refractivity contribution < 1.29 is 21.6 Å². The summed E-state index contributed by atoms with van der Waals surface area (Å²) in [7, 11) is -4.37. The molecule has 196 valence electrons. The van der Waals surface area contributed by atoms with Crippen molar-refractivity contribution in [2.75, 3.05) is 0 Å². The van der Waals surface area contributed by atoms with E-state index in [4.69, 9.17) is 0 Å². The standard InChI is InChI=1S/C26H23F3N6O2S/c1-25(2,26(3,28)29)34-38(36,37)17-7-8-20(33-14-17)23-18(13-30)22-19(27)11-16(15-5-6-15)12-21(22)35(23)24-31-9-4-10-32-24/h4,7-12,14-15,34H,5-6H2,1-3H3. The number of nitriles is 1. The summed E-state index contributed by atoms with van der Waals surface area (Å²) < 4.78 is 72.5. The van der Waals surface area contributed by atoms with Crippen molar-refractivity contribution in [2.45, 2.75) is 55.9 Å². The van der Waals surface area contributed by atoms with Crippen molar-refractivity contribution in [3.8, 4) is 23.4 Å². The number of benzene rings is 1. The first kappa shape index (κ1) is 25.8. The van der Waals surface area contributed by atoms with Crippen molar-refractivity contribution in [3.63, 3.8) is 0 Å². The van der Waals surface area contributed by atoms with Crippen LogP contribution in [0, 0.1) is 17.1 Å². The van der Waals surface area contributed by atoms with E-state index in [9.17, 15) is 22.5 Å². The summed E-state index contributed by atoms with van der Waals surface area (Å²) >= 11 is 0. The molecule has 1 aromatic carbocycles. The van der Waals surface area contributed by atoms with E-state index in [1.54, 1.807) is 6.07 Å². The van der Waals surface area contributed by atoms with Gasteiger partial charge in [-0.15, -0.1) is 0 Å². The molecule has 38 heavy (non-hydrogen) atoms. The summed E-state index contributed by atoms with van der Waals surface area (Å²) in [5.41, 5.74) is -0.560. The topological polar surface area (TPSA) is 114 Å². The highest BCUT2D eigenvalue weighted by Crippen LogP contribution is 2.44. The average Bonchev–Trinajstić information content (AvgIpc) is 3.65. The van der Waals surface area contributed by atoms with E-state index in [1.165, 1.54) is 35.2 Å². The number of alkyl halides is 2. The van der Waals surface area contributed by atoms with E-state index >= 15 is 4.39 Å². The van der Waals surface area contributed by atoms with Crippen LogP contribution in [0.25, 0.3) is 28.2 Å². The lowest BCUT2D eigenvalue weighted by Gasteiger charge is -2.31. The monoisotopic (exact) mass is 540 g/mol. The number of pyridine rings is 1. The Morgan fingerprint density at radius 3 is 2.34 bits per heavy atom. The van der Waals surface area contributed by atoms with Crippen LogP contribution in [0.4, 0.5) is 13.2 Å². The second-order valence-corrected chi connectivity index (χ2v) is 11.6. The first-order valence-electron chi connectivity index (χ1n) is 11.8. The molecule has 0 aliphatic heterocycles. The van der Waals surface area contributed by atoms with E-state index in [-0.39, 0.29) is 39.1 Å². The molecule has 0 unspecified atom stereocenters. The number of nitrogens with one attached hydrogen (secondary N) is 1. The van der Waals surface area contributed by atoms with Gasteiger partial charge in [0.05, 0.1) is 33.4 Å². The van der Waals surface area contributed by atoms with Crippen LogP contribution in [0.15, 0.2) is 53.8 Å². The highest BCUT2D eigenvalue weighted by Gasteiger charge is 2.45. The molecule has 0 radical (unpaired) electrons. The van der Waals surface area contributed by atoms with Gasteiger partial charge in [0.25, 0.3) is 5.92 Å². The van der Waals surface area contributed by atoms with E-state index in [0.717, 1.165) is 38.4 Å². The van der Waals surface area contributed by atoms with Gasteiger partial charge in [-0.2, -0.15) is 9.98 Å². The van der Waals surface area contributed by atoms with Crippen LogP contribution in [0.5, 0.6) is 0 Å². The molecule has 1 aliphatic rings. The van der Waals surface area contributed by atoms with Crippen LogP contribution in [-0.4, -0.2) is 39.4 Å². The largest absolute Gasteiger partial charge is 0.275 e. The van der Waals surface area contributed by atoms with Crippen molar-refractivity contribution in [1.82, 2.24) is 24.2 Å². The summed E-state index contributed by atoms with van der Waals surface area (Å²) in [5, 5.41) is 10.1. The summed E-state index contributed by atoms with van der Waals surface area (Å²) in [6, 6.07) is 9.43. The third-order valence-electron chi connectivity index (χ3n) is 6.73. The summed E-state index contributed by atoms with van der Waals surface area (Å²) in [6.45, 7) is 2.78. The van der Waals surface area contributed by atoms with Crippen LogP contribution >= 0.6 is 0 Å². The number of rotatable bonds is 7. The Bertz CT molecular complexity index is 1690. The normalized spacial score (nSPS) is 14.6. The SMILES string of the molecule is CC(F)(F)C(C)(C)NS(=O)(=O)c1ccc(-c2c(C#N)c3c(F)cc(C4CC4)cc3n2-c2ncccn2)nc1. The van der Waals surface area contributed by atoms with Gasteiger partial charge in [0.2, 0.25) is 16.0 Å². The molecule has 5 rings (SSSR count). The number of fused-ring (bicyclic) bond motifs is 1. The van der Waals surface area contributed by atoms with Crippen molar-refractivity contribution in [2.24, 2.45) is 0 Å². The lowest BCUT2D eigenvalue weighted by atomic mass is 10.00. The molecule has 0 amide bonds. The van der Waals surface area contributed by atoms with Crippen LogP contribution in [0.2, 0.25) is 0 Å². The number of sulfonamides is 1. The number of aromatic nitrogens is 4. The molecular weight excluding hydrogens is 517 g/mol. The van der Waals surface area contributed by atoms with Gasteiger partial charge in [0, 0.05) is 25.5 Å². The van der Waals surface area contributed by atoms with E-state index < -0.39 is 27.3 Å². The zero-order valence-electron chi connectivity index (χ0n) is 20.7. The van der Waals surface area contributed by atoms with Gasteiger partial charge in [-0.05, 0) is 68.5 Å². The average molecular weight is 541 g/mol. The molecular formula is C26H23F3N6O2S. The molecule has 12 heteroatoms. The molecule has 4 aromatic rings. The number of hydrogen-bond donors (Lipinski definition) is 1. The highest BCUT2D eigenvalue weighted by atomic mass is 32.2. The molecule has 1 saturated carbocycles. The molecule has 0 spiro atoms. The predicted molar refractivity (Wildman–Crippen MR) is 134 cm³/mol. The molecule has 0 atom stereocenters. The second-order valence-electron chi connectivity index (χ2n) is 9.89. The Morgan fingerprint density at radius 1 is 1.11 bits per heavy atom. The quantitative estimate of drug-likeness (QED) is 0.350. The maximum Gasteiger partial charge on any atom is 0.263 e. The zero-order chi connectivity index (χ0) is 27.5. The van der Waals surface area contributed by atoms with Gasteiger partial charge in [0.1, 0.15) is 16.8 Å². The number of nitrogens with zero attached hydrogens (tertiary/aromatic N) is 5. The van der Waals surface area contributed by atoms with Gasteiger partial charge in [0.15, 0.2) is 0 Å². The van der Waals surface area contributed by atoms with Crippen LogP contribution in [0.3, 0.4) is 0 Å². The number of hydrogen-bond acceptors (Lipinski definition) is 6. The first-order chi connectivity index (χ1) is 17.8. The van der Waals surface area contributed by atoms with Crippen LogP contribution in [0.1, 0.15) is 50.7 Å². The highest BCUT2D eigenvalue weighted by molar-refractivity contribution is 7.89. The minimum atomic E-state index is -4.37. The first-order valence-corrected chi connectivity index (χ1v) is 13.3. The summed E-state index contributed by atoms with van der Waals surface area (Å²) in [6.07, 6.45) is 5.90. The maximum absolute atomic E-state index is 15.4. The van der Waals surface area contributed by atoms with Crippen LogP contribution in [-0.2, 0) is 10.0 Å². The fourth-order valence-electron chi connectivity index (χ4n) is 4.17. The Morgan fingerprint density at radius 2 is 1.79 bits per heavy atom. The molecule has 1 N–H and O–H groups in total. The molecule has 3 aromatic heterocycles. The van der Waals surface area contributed by atoms with Crippen molar-refractivity contribution in [3.05, 3.63) is 65.9 Å². The molecule has 0 bridgehead atoms. The van der Waals surface area contributed by atoms with Crippen LogP contribution < -0.4 is 4.72 Å².